The highest BCUT2D eigenvalue weighted by molar-refractivity contribution is 4.58. The zero-order valence-corrected chi connectivity index (χ0v) is 23.7. The Hall–Kier alpha value is -0.0400. The minimum absolute atomic E-state index is 0.0325. The maximum Gasteiger partial charge on any atom is 0.0540 e. The second-order valence-corrected chi connectivity index (χ2v) is 11.3. The van der Waals surface area contributed by atoms with Gasteiger partial charge in [0.25, 0.3) is 0 Å². The van der Waals surface area contributed by atoms with Crippen LogP contribution >= 0.6 is 0 Å². The molecule has 0 aromatic rings. The largest absolute Gasteiger partial charge is 0.393 e. The van der Waals surface area contributed by atoms with Crippen LogP contribution in [-0.2, 0) is 0 Å². The van der Waals surface area contributed by atoms with Crippen molar-refractivity contribution in [2.75, 3.05) is 0 Å². The third-order valence-electron chi connectivity index (χ3n) is 7.68. The standard InChI is InChI=1S/C32H66O/c1-4-6-8-10-11-17-20-23-27-31(3)28-24-21-18-15-13-12-14-16-19-22-26-30-32(33)29-25-9-7-5-2/h31-33H,4-30H2,1-3H3/t31-,32?/m1/s1. The van der Waals surface area contributed by atoms with E-state index in [0.29, 0.717) is 0 Å². The molecule has 1 N–H and O–H groups in total. The Morgan fingerprint density at radius 3 is 0.939 bits per heavy atom. The van der Waals surface area contributed by atoms with Crippen LogP contribution in [-0.4, -0.2) is 11.2 Å². The molecule has 0 aliphatic carbocycles. The van der Waals surface area contributed by atoms with Gasteiger partial charge in [0.05, 0.1) is 6.10 Å². The fraction of sp³-hybridized carbons (Fsp3) is 1.00. The third-order valence-corrected chi connectivity index (χ3v) is 7.68. The highest BCUT2D eigenvalue weighted by atomic mass is 16.3. The van der Waals surface area contributed by atoms with Gasteiger partial charge in [-0.25, -0.2) is 0 Å². The third kappa shape index (κ3) is 28.1. The van der Waals surface area contributed by atoms with Crippen molar-refractivity contribution >= 4 is 0 Å². The van der Waals surface area contributed by atoms with Gasteiger partial charge in [-0.05, 0) is 18.8 Å². The van der Waals surface area contributed by atoms with Gasteiger partial charge in [0.2, 0.25) is 0 Å². The van der Waals surface area contributed by atoms with E-state index in [1.807, 2.05) is 0 Å². The minimum Gasteiger partial charge on any atom is -0.393 e. The molecule has 0 bridgehead atoms. The molecule has 0 saturated heterocycles. The molecule has 2 atom stereocenters. The van der Waals surface area contributed by atoms with E-state index < -0.39 is 0 Å². The van der Waals surface area contributed by atoms with Gasteiger partial charge in [-0.3, -0.25) is 0 Å². The van der Waals surface area contributed by atoms with Gasteiger partial charge in [-0.2, -0.15) is 0 Å². The van der Waals surface area contributed by atoms with Gasteiger partial charge >= 0.3 is 0 Å². The van der Waals surface area contributed by atoms with Gasteiger partial charge in [-0.1, -0.05) is 181 Å². The summed E-state index contributed by atoms with van der Waals surface area (Å²) in [6, 6.07) is 0. The van der Waals surface area contributed by atoms with Crippen molar-refractivity contribution < 1.29 is 5.11 Å². The van der Waals surface area contributed by atoms with Crippen LogP contribution in [0.4, 0.5) is 0 Å². The monoisotopic (exact) mass is 467 g/mol. The minimum atomic E-state index is -0.0325. The molecule has 0 aliphatic rings. The van der Waals surface area contributed by atoms with Crippen LogP contribution in [0.25, 0.3) is 0 Å². The summed E-state index contributed by atoms with van der Waals surface area (Å²) in [5.74, 6) is 0.951. The molecule has 0 aromatic carbocycles. The lowest BCUT2D eigenvalue weighted by Gasteiger charge is -2.11. The summed E-state index contributed by atoms with van der Waals surface area (Å²) in [7, 11) is 0. The normalized spacial score (nSPS) is 13.5. The lowest BCUT2D eigenvalue weighted by molar-refractivity contribution is 0.147. The van der Waals surface area contributed by atoms with Gasteiger partial charge < -0.3 is 5.11 Å². The average molecular weight is 467 g/mol. The first kappa shape index (κ1) is 33.0. The molecule has 0 spiro atoms. The fourth-order valence-electron chi connectivity index (χ4n) is 5.19. The maximum absolute atomic E-state index is 10.0. The quantitative estimate of drug-likeness (QED) is 0.114. The highest BCUT2D eigenvalue weighted by Crippen LogP contribution is 2.19. The molecule has 0 aromatic heterocycles. The predicted octanol–water partition coefficient (Wildman–Crippen LogP) is 11.6. The van der Waals surface area contributed by atoms with Crippen LogP contribution in [0.15, 0.2) is 0 Å². The van der Waals surface area contributed by atoms with Gasteiger partial charge in [0, 0.05) is 0 Å². The van der Waals surface area contributed by atoms with Crippen LogP contribution in [0, 0.1) is 5.92 Å². The van der Waals surface area contributed by atoms with Crippen molar-refractivity contribution in [1.82, 2.24) is 0 Å². The summed E-state index contributed by atoms with van der Waals surface area (Å²) >= 11 is 0. The van der Waals surface area contributed by atoms with Crippen LogP contribution in [0.2, 0.25) is 0 Å². The van der Waals surface area contributed by atoms with Crippen LogP contribution in [0.5, 0.6) is 0 Å². The number of hydrogen-bond acceptors (Lipinski definition) is 1. The zero-order chi connectivity index (χ0) is 24.2. The Bertz CT molecular complexity index is 339. The summed E-state index contributed by atoms with van der Waals surface area (Å²) in [6.45, 7) is 7.03. The van der Waals surface area contributed by atoms with Crippen molar-refractivity contribution in [3.8, 4) is 0 Å². The lowest BCUT2D eigenvalue weighted by Crippen LogP contribution is -2.05. The van der Waals surface area contributed by atoms with E-state index >= 15 is 0 Å². The second kappa shape index (κ2) is 28.2. The second-order valence-electron chi connectivity index (χ2n) is 11.3. The SMILES string of the molecule is CCCCCCCCCC[C@@H](C)CCCCCCCCCCCCCC(O)CCCCCC. The molecule has 0 radical (unpaired) electrons. The highest BCUT2D eigenvalue weighted by Gasteiger charge is 2.04. The van der Waals surface area contributed by atoms with E-state index in [1.165, 1.54) is 161 Å². The van der Waals surface area contributed by atoms with Crippen LogP contribution in [0.3, 0.4) is 0 Å². The van der Waals surface area contributed by atoms with Crippen molar-refractivity contribution in [2.45, 2.75) is 200 Å². The molecule has 1 heteroatoms. The van der Waals surface area contributed by atoms with E-state index in [4.69, 9.17) is 0 Å². The lowest BCUT2D eigenvalue weighted by atomic mass is 9.95. The molecule has 0 aliphatic heterocycles. The first-order valence-electron chi connectivity index (χ1n) is 15.9. The Morgan fingerprint density at radius 2 is 0.606 bits per heavy atom. The Morgan fingerprint density at radius 1 is 0.364 bits per heavy atom. The van der Waals surface area contributed by atoms with Gasteiger partial charge in [-0.15, -0.1) is 0 Å². The van der Waals surface area contributed by atoms with E-state index in [-0.39, 0.29) is 6.10 Å². The zero-order valence-electron chi connectivity index (χ0n) is 23.7. The van der Waals surface area contributed by atoms with Crippen molar-refractivity contribution in [3.63, 3.8) is 0 Å². The molecular weight excluding hydrogens is 400 g/mol. The number of aliphatic hydroxyl groups is 1. The van der Waals surface area contributed by atoms with E-state index in [2.05, 4.69) is 20.8 Å². The Balaban J connectivity index is 3.18. The Labute approximate surface area is 211 Å². The number of rotatable bonds is 28. The summed E-state index contributed by atoms with van der Waals surface area (Å²) in [5.41, 5.74) is 0. The molecule has 0 heterocycles. The smallest absolute Gasteiger partial charge is 0.0540 e. The molecule has 0 fully saturated rings. The molecule has 33 heavy (non-hydrogen) atoms. The first-order chi connectivity index (χ1) is 16.2. The molecule has 0 rings (SSSR count). The van der Waals surface area contributed by atoms with Crippen LogP contribution in [0.1, 0.15) is 194 Å². The molecule has 0 amide bonds. The summed E-state index contributed by atoms with van der Waals surface area (Å²) in [4.78, 5) is 0. The van der Waals surface area contributed by atoms with Gasteiger partial charge in [0.15, 0.2) is 0 Å². The fourth-order valence-corrected chi connectivity index (χ4v) is 5.19. The summed E-state index contributed by atoms with van der Waals surface area (Å²) in [6.07, 6.45) is 37.2. The van der Waals surface area contributed by atoms with E-state index in [0.717, 1.165) is 18.8 Å². The average Bonchev–Trinajstić information content (AvgIpc) is 2.81. The molecule has 1 unspecified atom stereocenters. The molecule has 1 nitrogen and oxygen atoms in total. The van der Waals surface area contributed by atoms with E-state index in [1.54, 1.807) is 0 Å². The summed E-state index contributed by atoms with van der Waals surface area (Å²) in [5, 5.41) is 10.0. The number of unbranched alkanes of at least 4 members (excludes halogenated alkanes) is 20. The topological polar surface area (TPSA) is 20.2 Å². The molecule has 200 valence electrons. The Kier molecular flexibility index (Phi) is 28.2. The molecular formula is C32H66O. The van der Waals surface area contributed by atoms with Gasteiger partial charge in [0.1, 0.15) is 0 Å². The maximum atomic E-state index is 10.0. The number of hydrogen-bond donors (Lipinski definition) is 1. The van der Waals surface area contributed by atoms with E-state index in [9.17, 15) is 5.11 Å². The first-order valence-corrected chi connectivity index (χ1v) is 15.9. The molecule has 0 saturated carbocycles. The summed E-state index contributed by atoms with van der Waals surface area (Å²) < 4.78 is 0. The predicted molar refractivity (Wildman–Crippen MR) is 151 cm³/mol. The van der Waals surface area contributed by atoms with Crippen molar-refractivity contribution in [2.24, 2.45) is 5.92 Å². The van der Waals surface area contributed by atoms with Crippen LogP contribution < -0.4 is 0 Å². The number of aliphatic hydroxyl groups excluding tert-OH is 1. The van der Waals surface area contributed by atoms with Crippen molar-refractivity contribution in [3.05, 3.63) is 0 Å². The van der Waals surface area contributed by atoms with Crippen molar-refractivity contribution in [1.29, 1.82) is 0 Å².